The Hall–Kier alpha value is -2.94. The Morgan fingerprint density at radius 2 is 2.06 bits per heavy atom. The van der Waals surface area contributed by atoms with Crippen molar-refractivity contribution in [2.45, 2.75) is 37.6 Å². The van der Waals surface area contributed by atoms with Gasteiger partial charge in [-0.05, 0) is 37.0 Å². The summed E-state index contributed by atoms with van der Waals surface area (Å²) in [6.45, 7) is 2.98. The molecule has 174 valence electrons. The zero-order valence-electron chi connectivity index (χ0n) is 18.8. The van der Waals surface area contributed by atoms with E-state index in [9.17, 15) is 9.59 Å². The van der Waals surface area contributed by atoms with Crippen LogP contribution in [0.4, 0.5) is 5.69 Å². The largest absolute Gasteiger partial charge is 0.419 e. The average Bonchev–Trinajstić information content (AvgIpc) is 3.39. The Kier molecular flexibility index (Phi) is 6.05. The van der Waals surface area contributed by atoms with Crippen LogP contribution in [0.5, 0.6) is 0 Å². The van der Waals surface area contributed by atoms with Gasteiger partial charge < -0.3 is 19.2 Å². The summed E-state index contributed by atoms with van der Waals surface area (Å²) in [5, 5.41) is 2.92. The van der Waals surface area contributed by atoms with E-state index in [1.165, 1.54) is 4.57 Å². The maximum absolute atomic E-state index is 12.8. The lowest BCUT2D eigenvalue weighted by Gasteiger charge is -2.44. The molecular weight excluding hydrogens is 422 g/mol. The first-order chi connectivity index (χ1) is 16.0. The second kappa shape index (κ2) is 9.13. The Balaban J connectivity index is 1.22. The van der Waals surface area contributed by atoms with Crippen molar-refractivity contribution in [2.75, 3.05) is 31.6 Å². The second-order valence-electron chi connectivity index (χ2n) is 8.94. The SMILES string of the molecule is Cn1c(=O)oc2cc(NC(=O)CN3CC[C@@]4(CCCO4)[C@@H](OCc4ccccc4)C3)ccc21. The molecule has 8 heteroatoms. The van der Waals surface area contributed by atoms with Crippen molar-refractivity contribution in [2.24, 2.45) is 7.05 Å². The molecule has 1 aromatic heterocycles. The summed E-state index contributed by atoms with van der Waals surface area (Å²) in [6, 6.07) is 15.4. The molecule has 0 aliphatic carbocycles. The summed E-state index contributed by atoms with van der Waals surface area (Å²) >= 11 is 0. The third-order valence-corrected chi connectivity index (χ3v) is 6.73. The van der Waals surface area contributed by atoms with Gasteiger partial charge in [0.2, 0.25) is 5.91 Å². The van der Waals surface area contributed by atoms with Crippen LogP contribution in [0.25, 0.3) is 11.1 Å². The van der Waals surface area contributed by atoms with Crippen LogP contribution >= 0.6 is 0 Å². The molecule has 0 saturated carbocycles. The number of ether oxygens (including phenoxy) is 2. The van der Waals surface area contributed by atoms with Crippen molar-refractivity contribution in [1.29, 1.82) is 0 Å². The maximum atomic E-state index is 12.8. The van der Waals surface area contributed by atoms with Gasteiger partial charge >= 0.3 is 5.76 Å². The van der Waals surface area contributed by atoms with E-state index in [1.54, 1.807) is 25.2 Å². The molecule has 1 spiro atoms. The molecular formula is C25H29N3O5. The standard InChI is InChI=1S/C25H29N3O5/c1-27-20-9-8-19(14-21(20)33-24(27)30)26-23(29)16-28-12-11-25(10-5-13-32-25)22(15-28)31-17-18-6-3-2-4-7-18/h2-4,6-9,14,22H,5,10-13,15-17H2,1H3,(H,26,29)/t22-,25-/m0/s1. The highest BCUT2D eigenvalue weighted by Gasteiger charge is 2.47. The van der Waals surface area contributed by atoms with Crippen molar-refractivity contribution in [1.82, 2.24) is 9.47 Å². The molecule has 1 amide bonds. The number of carbonyl (C=O) groups is 1. The number of likely N-dealkylation sites (tertiary alicyclic amines) is 1. The van der Waals surface area contributed by atoms with Gasteiger partial charge in [-0.3, -0.25) is 14.3 Å². The van der Waals surface area contributed by atoms with E-state index < -0.39 is 5.76 Å². The van der Waals surface area contributed by atoms with Crippen LogP contribution in [-0.4, -0.2) is 53.3 Å². The highest BCUT2D eigenvalue weighted by Crippen LogP contribution is 2.38. The normalized spacial score (nSPS) is 23.4. The van der Waals surface area contributed by atoms with Gasteiger partial charge in [0.15, 0.2) is 5.58 Å². The molecule has 3 heterocycles. The molecule has 3 aromatic rings. The van der Waals surface area contributed by atoms with E-state index in [1.807, 2.05) is 18.2 Å². The number of nitrogens with zero attached hydrogens (tertiary/aromatic N) is 2. The van der Waals surface area contributed by atoms with E-state index in [0.717, 1.165) is 38.0 Å². The number of carbonyl (C=O) groups excluding carboxylic acids is 1. The Morgan fingerprint density at radius 1 is 1.21 bits per heavy atom. The number of aryl methyl sites for hydroxylation is 1. The Labute approximate surface area is 192 Å². The van der Waals surface area contributed by atoms with E-state index in [4.69, 9.17) is 13.9 Å². The Morgan fingerprint density at radius 3 is 2.85 bits per heavy atom. The van der Waals surface area contributed by atoms with E-state index in [0.29, 0.717) is 29.9 Å². The number of oxazole rings is 1. The number of hydrogen-bond acceptors (Lipinski definition) is 6. The van der Waals surface area contributed by atoms with Gasteiger partial charge in [0.1, 0.15) is 0 Å². The number of benzene rings is 2. The third kappa shape index (κ3) is 4.59. The smallest absolute Gasteiger partial charge is 0.408 e. The van der Waals surface area contributed by atoms with Gasteiger partial charge in [-0.2, -0.15) is 0 Å². The van der Waals surface area contributed by atoms with E-state index in [2.05, 4.69) is 22.3 Å². The number of hydrogen-bond donors (Lipinski definition) is 1. The molecule has 0 radical (unpaired) electrons. The van der Waals surface area contributed by atoms with Crippen LogP contribution < -0.4 is 11.1 Å². The first kappa shape index (κ1) is 21.9. The predicted molar refractivity (Wildman–Crippen MR) is 124 cm³/mol. The van der Waals surface area contributed by atoms with Gasteiger partial charge in [0.25, 0.3) is 0 Å². The maximum Gasteiger partial charge on any atom is 0.419 e. The van der Waals surface area contributed by atoms with Crippen LogP contribution in [0.15, 0.2) is 57.7 Å². The fourth-order valence-corrected chi connectivity index (χ4v) is 4.91. The summed E-state index contributed by atoms with van der Waals surface area (Å²) in [5.41, 5.74) is 2.62. The number of piperidine rings is 1. The topological polar surface area (TPSA) is 85.9 Å². The lowest BCUT2D eigenvalue weighted by atomic mass is 9.85. The quantitative estimate of drug-likeness (QED) is 0.620. The zero-order valence-corrected chi connectivity index (χ0v) is 18.8. The summed E-state index contributed by atoms with van der Waals surface area (Å²) in [4.78, 5) is 26.6. The molecule has 2 aromatic carbocycles. The summed E-state index contributed by atoms with van der Waals surface area (Å²) < 4.78 is 19.2. The van der Waals surface area contributed by atoms with Gasteiger partial charge in [-0.15, -0.1) is 0 Å². The number of nitrogens with one attached hydrogen (secondary N) is 1. The van der Waals surface area contributed by atoms with Gasteiger partial charge in [0.05, 0.1) is 30.4 Å². The predicted octanol–water partition coefficient (Wildman–Crippen LogP) is 2.91. The zero-order chi connectivity index (χ0) is 22.8. The fourth-order valence-electron chi connectivity index (χ4n) is 4.91. The molecule has 0 bridgehead atoms. The van der Waals surface area contributed by atoms with Gasteiger partial charge in [-0.25, -0.2) is 4.79 Å². The number of anilines is 1. The fraction of sp³-hybridized carbons (Fsp3) is 0.440. The minimum absolute atomic E-state index is 0.0864. The van der Waals surface area contributed by atoms with Crippen LogP contribution in [-0.2, 0) is 27.9 Å². The van der Waals surface area contributed by atoms with Gasteiger partial charge in [-0.1, -0.05) is 30.3 Å². The molecule has 8 nitrogen and oxygen atoms in total. The molecule has 0 unspecified atom stereocenters. The molecule has 2 saturated heterocycles. The van der Waals surface area contributed by atoms with Crippen molar-refractivity contribution in [3.05, 3.63) is 64.6 Å². The Bertz CT molecular complexity index is 1180. The molecule has 2 fully saturated rings. The van der Waals surface area contributed by atoms with Crippen molar-refractivity contribution in [3.63, 3.8) is 0 Å². The summed E-state index contributed by atoms with van der Waals surface area (Å²) in [6.07, 6.45) is 2.80. The number of rotatable bonds is 6. The van der Waals surface area contributed by atoms with E-state index in [-0.39, 0.29) is 24.2 Å². The first-order valence-electron chi connectivity index (χ1n) is 11.4. The molecule has 5 rings (SSSR count). The lowest BCUT2D eigenvalue weighted by molar-refractivity contribution is -0.159. The van der Waals surface area contributed by atoms with Crippen LogP contribution in [0.2, 0.25) is 0 Å². The summed E-state index contributed by atoms with van der Waals surface area (Å²) in [5.74, 6) is -0.538. The first-order valence-corrected chi connectivity index (χ1v) is 11.4. The van der Waals surface area contributed by atoms with Crippen molar-refractivity contribution < 1.29 is 18.7 Å². The molecule has 33 heavy (non-hydrogen) atoms. The van der Waals surface area contributed by atoms with Crippen molar-refractivity contribution >= 4 is 22.7 Å². The number of fused-ring (bicyclic) bond motifs is 1. The third-order valence-electron chi connectivity index (χ3n) is 6.73. The highest BCUT2D eigenvalue weighted by molar-refractivity contribution is 5.94. The van der Waals surface area contributed by atoms with Crippen LogP contribution in [0.3, 0.4) is 0 Å². The molecule has 2 aliphatic heterocycles. The minimum Gasteiger partial charge on any atom is -0.408 e. The molecule has 1 N–H and O–H groups in total. The average molecular weight is 452 g/mol. The van der Waals surface area contributed by atoms with Gasteiger partial charge in [0, 0.05) is 38.5 Å². The molecule has 2 aliphatic rings. The monoisotopic (exact) mass is 451 g/mol. The second-order valence-corrected chi connectivity index (χ2v) is 8.94. The lowest BCUT2D eigenvalue weighted by Crippen LogP contribution is -2.57. The van der Waals surface area contributed by atoms with Crippen LogP contribution in [0, 0.1) is 0 Å². The number of amides is 1. The highest BCUT2D eigenvalue weighted by atomic mass is 16.6. The minimum atomic E-state index is -0.425. The van der Waals surface area contributed by atoms with Crippen molar-refractivity contribution in [3.8, 4) is 0 Å². The number of aromatic nitrogens is 1. The summed E-state index contributed by atoms with van der Waals surface area (Å²) in [7, 11) is 1.65. The molecule has 2 atom stereocenters. The van der Waals surface area contributed by atoms with Crippen LogP contribution in [0.1, 0.15) is 24.8 Å². The van der Waals surface area contributed by atoms with E-state index >= 15 is 0 Å².